The lowest BCUT2D eigenvalue weighted by Crippen LogP contribution is -2.39. The molecule has 1 atom stereocenters. The molecule has 35 heavy (non-hydrogen) atoms. The van der Waals surface area contributed by atoms with Crippen LogP contribution in [0.4, 0.5) is 4.39 Å². The lowest BCUT2D eigenvalue weighted by Gasteiger charge is -2.25. The smallest absolute Gasteiger partial charge is 0.273 e. The largest absolute Gasteiger partial charge is 0.332 e. The average molecular weight is 467 g/mol. The first-order valence-corrected chi connectivity index (χ1v) is 11.7. The molecule has 0 unspecified atom stereocenters. The van der Waals surface area contributed by atoms with E-state index in [1.165, 1.54) is 12.3 Å². The van der Waals surface area contributed by atoms with Crippen molar-refractivity contribution in [1.29, 1.82) is 0 Å². The summed E-state index contributed by atoms with van der Waals surface area (Å²) in [6.07, 6.45) is 6.77. The summed E-state index contributed by atoms with van der Waals surface area (Å²) >= 11 is 0. The van der Waals surface area contributed by atoms with E-state index < -0.39 is 5.82 Å². The van der Waals surface area contributed by atoms with Crippen molar-refractivity contribution in [3.63, 3.8) is 0 Å². The standard InChI is InChI=1S/C27H23FN6O/c28-20-11-12-24-30-25(19-7-2-1-3-8-19)26(34(24)17-20)27(35)33-15-6-9-21(33)18-32-16-13-23(31-32)22-10-4-5-14-29-22/h1-5,7-8,10-14,16-17,21H,6,9,15,18H2/t21-/m0/s1. The van der Waals surface area contributed by atoms with E-state index in [-0.39, 0.29) is 11.9 Å². The number of hydrogen-bond acceptors (Lipinski definition) is 4. The Morgan fingerprint density at radius 2 is 1.86 bits per heavy atom. The molecule has 0 N–H and O–H groups in total. The number of fused-ring (bicyclic) bond motifs is 1. The number of nitrogens with zero attached hydrogens (tertiary/aromatic N) is 6. The first kappa shape index (κ1) is 21.2. The molecule has 1 amide bonds. The molecular weight excluding hydrogens is 443 g/mol. The van der Waals surface area contributed by atoms with Crippen molar-refractivity contribution in [3.8, 4) is 22.6 Å². The van der Waals surface area contributed by atoms with Crippen LogP contribution in [0.15, 0.2) is 85.3 Å². The predicted octanol–water partition coefficient (Wildman–Crippen LogP) is 4.70. The Hall–Kier alpha value is -4.33. The highest BCUT2D eigenvalue weighted by atomic mass is 19.1. The second-order valence-electron chi connectivity index (χ2n) is 8.68. The van der Waals surface area contributed by atoms with Gasteiger partial charge in [0.25, 0.3) is 5.91 Å². The van der Waals surface area contributed by atoms with Gasteiger partial charge in [-0.15, -0.1) is 0 Å². The number of carbonyl (C=O) groups is 1. The maximum absolute atomic E-state index is 14.2. The van der Waals surface area contributed by atoms with Crippen LogP contribution in [-0.4, -0.2) is 47.5 Å². The van der Waals surface area contributed by atoms with Gasteiger partial charge in [0.1, 0.15) is 28.5 Å². The Kier molecular flexibility index (Phi) is 5.33. The highest BCUT2D eigenvalue weighted by Crippen LogP contribution is 2.29. The van der Waals surface area contributed by atoms with Crippen molar-refractivity contribution in [1.82, 2.24) is 29.0 Å². The third kappa shape index (κ3) is 3.97. The molecule has 1 fully saturated rings. The maximum Gasteiger partial charge on any atom is 0.273 e. The molecule has 0 bridgehead atoms. The third-order valence-electron chi connectivity index (χ3n) is 6.44. The number of imidazole rings is 1. The summed E-state index contributed by atoms with van der Waals surface area (Å²) in [4.78, 5) is 24.9. The van der Waals surface area contributed by atoms with Gasteiger partial charge in [-0.05, 0) is 43.2 Å². The van der Waals surface area contributed by atoms with Crippen LogP contribution in [0, 0.1) is 5.82 Å². The molecule has 8 heteroatoms. The number of aromatic nitrogens is 5. The van der Waals surface area contributed by atoms with E-state index in [2.05, 4.69) is 15.1 Å². The molecule has 4 aromatic heterocycles. The molecule has 5 aromatic rings. The van der Waals surface area contributed by atoms with Crippen LogP contribution in [0.1, 0.15) is 23.3 Å². The lowest BCUT2D eigenvalue weighted by atomic mass is 10.1. The van der Waals surface area contributed by atoms with E-state index in [4.69, 9.17) is 0 Å². The minimum atomic E-state index is -0.417. The fourth-order valence-electron chi connectivity index (χ4n) is 4.78. The summed E-state index contributed by atoms with van der Waals surface area (Å²) in [5.41, 5.74) is 3.91. The summed E-state index contributed by atoms with van der Waals surface area (Å²) < 4.78 is 17.6. The molecule has 5 heterocycles. The SMILES string of the molecule is O=C(c1c(-c2ccccc2)nc2ccc(F)cn12)N1CCC[C@H]1Cn1ccc(-c2ccccn2)n1. The quantitative estimate of drug-likeness (QED) is 0.376. The van der Waals surface area contributed by atoms with E-state index in [0.717, 1.165) is 29.8 Å². The number of amides is 1. The van der Waals surface area contributed by atoms with E-state index in [1.54, 1.807) is 16.7 Å². The van der Waals surface area contributed by atoms with Crippen molar-refractivity contribution < 1.29 is 9.18 Å². The van der Waals surface area contributed by atoms with E-state index in [1.807, 2.05) is 70.4 Å². The zero-order valence-corrected chi connectivity index (χ0v) is 19.0. The molecule has 174 valence electrons. The Labute approximate surface area is 201 Å². The number of rotatable bonds is 5. The van der Waals surface area contributed by atoms with E-state index in [9.17, 15) is 9.18 Å². The Bertz CT molecular complexity index is 1490. The third-order valence-corrected chi connectivity index (χ3v) is 6.44. The molecule has 1 saturated heterocycles. The number of benzene rings is 1. The fraction of sp³-hybridized carbons (Fsp3) is 0.185. The molecule has 1 aromatic carbocycles. The van der Waals surface area contributed by atoms with Gasteiger partial charge in [-0.25, -0.2) is 9.37 Å². The minimum absolute atomic E-state index is 0.0262. The van der Waals surface area contributed by atoms with Crippen LogP contribution in [0.3, 0.4) is 0 Å². The van der Waals surface area contributed by atoms with Gasteiger partial charge in [0.05, 0.1) is 18.3 Å². The summed E-state index contributed by atoms with van der Waals surface area (Å²) in [5, 5.41) is 4.68. The Morgan fingerprint density at radius 1 is 1.00 bits per heavy atom. The number of pyridine rings is 2. The second kappa shape index (κ2) is 8.79. The monoisotopic (exact) mass is 466 g/mol. The number of likely N-dealkylation sites (tertiary alicyclic amines) is 1. The Balaban J connectivity index is 1.33. The molecule has 0 aliphatic carbocycles. The van der Waals surface area contributed by atoms with Gasteiger partial charge in [-0.1, -0.05) is 36.4 Å². The van der Waals surface area contributed by atoms with Crippen LogP contribution >= 0.6 is 0 Å². The van der Waals surface area contributed by atoms with Gasteiger partial charge in [-0.2, -0.15) is 5.10 Å². The topological polar surface area (TPSA) is 68.3 Å². The number of carbonyl (C=O) groups excluding carboxylic acids is 1. The maximum atomic E-state index is 14.2. The summed E-state index contributed by atoms with van der Waals surface area (Å²) in [5.74, 6) is -0.568. The van der Waals surface area contributed by atoms with E-state index >= 15 is 0 Å². The highest BCUT2D eigenvalue weighted by molar-refractivity contribution is 6.00. The molecule has 6 rings (SSSR count). The average Bonchev–Trinajstić information content (AvgIpc) is 3.63. The van der Waals surface area contributed by atoms with Crippen LogP contribution in [0.5, 0.6) is 0 Å². The normalized spacial score (nSPS) is 15.7. The summed E-state index contributed by atoms with van der Waals surface area (Å²) in [6, 6.07) is 20.2. The predicted molar refractivity (Wildman–Crippen MR) is 130 cm³/mol. The molecule has 0 saturated carbocycles. The van der Waals surface area contributed by atoms with Gasteiger partial charge < -0.3 is 4.90 Å². The molecule has 0 radical (unpaired) electrons. The molecule has 0 spiro atoms. The zero-order chi connectivity index (χ0) is 23.8. The number of hydrogen-bond donors (Lipinski definition) is 0. The summed E-state index contributed by atoms with van der Waals surface area (Å²) in [6.45, 7) is 1.21. The van der Waals surface area contributed by atoms with Crippen LogP contribution < -0.4 is 0 Å². The van der Waals surface area contributed by atoms with Crippen LogP contribution in [0.25, 0.3) is 28.3 Å². The zero-order valence-electron chi connectivity index (χ0n) is 19.0. The van der Waals surface area contributed by atoms with Gasteiger partial charge >= 0.3 is 0 Å². The first-order chi connectivity index (χ1) is 17.2. The van der Waals surface area contributed by atoms with Crippen molar-refractivity contribution in [2.45, 2.75) is 25.4 Å². The molecule has 7 nitrogen and oxygen atoms in total. The van der Waals surface area contributed by atoms with Crippen LogP contribution in [0.2, 0.25) is 0 Å². The minimum Gasteiger partial charge on any atom is -0.332 e. The van der Waals surface area contributed by atoms with Crippen molar-refractivity contribution in [3.05, 3.63) is 96.8 Å². The summed E-state index contributed by atoms with van der Waals surface area (Å²) in [7, 11) is 0. The van der Waals surface area contributed by atoms with Gasteiger partial charge in [0, 0.05) is 30.7 Å². The van der Waals surface area contributed by atoms with Gasteiger partial charge in [-0.3, -0.25) is 18.9 Å². The molecule has 1 aliphatic rings. The highest BCUT2D eigenvalue weighted by Gasteiger charge is 2.33. The van der Waals surface area contributed by atoms with Crippen molar-refractivity contribution >= 4 is 11.6 Å². The first-order valence-electron chi connectivity index (χ1n) is 11.7. The van der Waals surface area contributed by atoms with Gasteiger partial charge in [0.2, 0.25) is 0 Å². The number of halogens is 1. The Morgan fingerprint density at radius 3 is 2.69 bits per heavy atom. The fourth-order valence-corrected chi connectivity index (χ4v) is 4.78. The second-order valence-corrected chi connectivity index (χ2v) is 8.68. The van der Waals surface area contributed by atoms with Gasteiger partial charge in [0.15, 0.2) is 0 Å². The van der Waals surface area contributed by atoms with Crippen molar-refractivity contribution in [2.24, 2.45) is 0 Å². The van der Waals surface area contributed by atoms with Crippen LogP contribution in [-0.2, 0) is 6.54 Å². The lowest BCUT2D eigenvalue weighted by molar-refractivity contribution is 0.0715. The van der Waals surface area contributed by atoms with Crippen molar-refractivity contribution in [2.75, 3.05) is 6.54 Å². The van der Waals surface area contributed by atoms with E-state index in [0.29, 0.717) is 30.1 Å². The molecular formula is C27H23FN6O. The molecule has 1 aliphatic heterocycles.